The zero-order chi connectivity index (χ0) is 7.90. The SMILES string of the molecule is COC(=O)N1CC2(COC2)C1. The fourth-order valence-corrected chi connectivity index (χ4v) is 1.59. The molecule has 2 rings (SSSR count). The van der Waals surface area contributed by atoms with Crippen LogP contribution in [-0.4, -0.2) is 44.4 Å². The predicted molar refractivity (Wildman–Crippen MR) is 37.2 cm³/mol. The number of methoxy groups -OCH3 is 1. The second kappa shape index (κ2) is 2.11. The Morgan fingerprint density at radius 1 is 1.55 bits per heavy atom. The third-order valence-electron chi connectivity index (χ3n) is 2.30. The van der Waals surface area contributed by atoms with E-state index in [1.54, 1.807) is 4.90 Å². The number of nitrogens with zero attached hydrogens (tertiary/aromatic N) is 1. The molecule has 4 heteroatoms. The second-order valence-corrected chi connectivity index (χ2v) is 3.32. The van der Waals surface area contributed by atoms with Crippen molar-refractivity contribution in [2.24, 2.45) is 5.41 Å². The molecule has 0 atom stereocenters. The zero-order valence-electron chi connectivity index (χ0n) is 6.50. The lowest BCUT2D eigenvalue weighted by atomic mass is 9.78. The highest BCUT2D eigenvalue weighted by atomic mass is 16.5. The molecule has 1 spiro atoms. The lowest BCUT2D eigenvalue weighted by molar-refractivity contribution is -0.179. The van der Waals surface area contributed by atoms with Gasteiger partial charge in [0.1, 0.15) is 0 Å². The van der Waals surface area contributed by atoms with E-state index in [1.807, 2.05) is 0 Å². The van der Waals surface area contributed by atoms with Gasteiger partial charge >= 0.3 is 6.09 Å². The van der Waals surface area contributed by atoms with Gasteiger partial charge in [0.25, 0.3) is 0 Å². The summed E-state index contributed by atoms with van der Waals surface area (Å²) in [5.74, 6) is 0. The number of hydrogen-bond acceptors (Lipinski definition) is 3. The van der Waals surface area contributed by atoms with Crippen LogP contribution in [0.4, 0.5) is 4.79 Å². The Bertz CT molecular complexity index is 180. The molecule has 1 amide bonds. The van der Waals surface area contributed by atoms with Crippen molar-refractivity contribution >= 4 is 6.09 Å². The quantitative estimate of drug-likeness (QED) is 0.500. The first-order chi connectivity index (χ1) is 5.26. The van der Waals surface area contributed by atoms with Crippen LogP contribution < -0.4 is 0 Å². The molecule has 4 nitrogen and oxygen atoms in total. The van der Waals surface area contributed by atoms with Crippen molar-refractivity contribution in [1.29, 1.82) is 0 Å². The van der Waals surface area contributed by atoms with Crippen molar-refractivity contribution in [3.05, 3.63) is 0 Å². The maximum atomic E-state index is 10.9. The zero-order valence-corrected chi connectivity index (χ0v) is 6.50. The summed E-state index contributed by atoms with van der Waals surface area (Å²) in [7, 11) is 1.41. The molecule has 0 aromatic heterocycles. The van der Waals surface area contributed by atoms with Crippen molar-refractivity contribution in [3.63, 3.8) is 0 Å². The van der Waals surface area contributed by atoms with E-state index in [2.05, 4.69) is 4.74 Å². The first kappa shape index (κ1) is 6.91. The lowest BCUT2D eigenvalue weighted by Gasteiger charge is -2.54. The van der Waals surface area contributed by atoms with Gasteiger partial charge in [-0.3, -0.25) is 0 Å². The van der Waals surface area contributed by atoms with Crippen molar-refractivity contribution < 1.29 is 14.3 Å². The van der Waals surface area contributed by atoms with Gasteiger partial charge in [-0.05, 0) is 0 Å². The Balaban J connectivity index is 1.83. The summed E-state index contributed by atoms with van der Waals surface area (Å²) in [4.78, 5) is 12.6. The molecular formula is C7H11NO3. The Kier molecular flexibility index (Phi) is 1.32. The van der Waals surface area contributed by atoms with E-state index in [4.69, 9.17) is 4.74 Å². The first-order valence-electron chi connectivity index (χ1n) is 3.66. The Hall–Kier alpha value is -0.770. The summed E-state index contributed by atoms with van der Waals surface area (Å²) in [5, 5.41) is 0. The molecule has 0 aromatic rings. The highest BCUT2D eigenvalue weighted by Gasteiger charge is 2.51. The van der Waals surface area contributed by atoms with Crippen LogP contribution in [0, 0.1) is 5.41 Å². The molecule has 2 heterocycles. The van der Waals surface area contributed by atoms with E-state index in [-0.39, 0.29) is 6.09 Å². The van der Waals surface area contributed by atoms with Crippen LogP contribution in [0.15, 0.2) is 0 Å². The summed E-state index contributed by atoms with van der Waals surface area (Å²) >= 11 is 0. The molecule has 2 aliphatic rings. The number of rotatable bonds is 0. The average Bonchev–Trinajstić information content (AvgIpc) is 1.81. The van der Waals surface area contributed by atoms with Crippen molar-refractivity contribution in [1.82, 2.24) is 4.90 Å². The van der Waals surface area contributed by atoms with Crippen molar-refractivity contribution in [2.75, 3.05) is 33.4 Å². The lowest BCUT2D eigenvalue weighted by Crippen LogP contribution is -2.67. The largest absolute Gasteiger partial charge is 0.453 e. The number of amides is 1. The highest BCUT2D eigenvalue weighted by Crippen LogP contribution is 2.37. The fourth-order valence-electron chi connectivity index (χ4n) is 1.59. The Morgan fingerprint density at radius 2 is 2.18 bits per heavy atom. The Morgan fingerprint density at radius 3 is 2.55 bits per heavy atom. The maximum absolute atomic E-state index is 10.9. The molecule has 2 fully saturated rings. The third-order valence-corrected chi connectivity index (χ3v) is 2.30. The van der Waals surface area contributed by atoms with Gasteiger partial charge in [0.15, 0.2) is 0 Å². The number of carbonyl (C=O) groups is 1. The molecule has 0 saturated carbocycles. The number of hydrogen-bond donors (Lipinski definition) is 0. The maximum Gasteiger partial charge on any atom is 0.409 e. The van der Waals surface area contributed by atoms with Gasteiger partial charge in [-0.2, -0.15) is 0 Å². The van der Waals surface area contributed by atoms with Crippen LogP contribution in [0.3, 0.4) is 0 Å². The van der Waals surface area contributed by atoms with Gasteiger partial charge in [0.05, 0.1) is 25.7 Å². The monoisotopic (exact) mass is 157 g/mol. The normalized spacial score (nSPS) is 25.7. The molecule has 0 radical (unpaired) electrons. The average molecular weight is 157 g/mol. The molecule has 0 aliphatic carbocycles. The van der Waals surface area contributed by atoms with Crippen molar-refractivity contribution in [2.45, 2.75) is 0 Å². The minimum Gasteiger partial charge on any atom is -0.453 e. The van der Waals surface area contributed by atoms with Gasteiger partial charge in [-0.25, -0.2) is 4.79 Å². The van der Waals surface area contributed by atoms with E-state index in [9.17, 15) is 4.79 Å². The van der Waals surface area contributed by atoms with E-state index >= 15 is 0 Å². The minimum absolute atomic E-state index is 0.220. The van der Waals surface area contributed by atoms with Crippen LogP contribution in [-0.2, 0) is 9.47 Å². The summed E-state index contributed by atoms with van der Waals surface area (Å²) in [5.41, 5.74) is 0.300. The molecule has 0 N–H and O–H groups in total. The van der Waals surface area contributed by atoms with E-state index in [0.717, 1.165) is 26.3 Å². The van der Waals surface area contributed by atoms with Crippen LogP contribution in [0.1, 0.15) is 0 Å². The number of ether oxygens (including phenoxy) is 2. The number of likely N-dealkylation sites (tertiary alicyclic amines) is 1. The summed E-state index contributed by atoms with van der Waals surface area (Å²) < 4.78 is 9.63. The molecule has 11 heavy (non-hydrogen) atoms. The van der Waals surface area contributed by atoms with E-state index < -0.39 is 0 Å². The standard InChI is InChI=1S/C7H11NO3/c1-10-6(9)8-2-7(3-8)4-11-5-7/h2-5H2,1H3. The van der Waals surface area contributed by atoms with Crippen LogP contribution in [0.5, 0.6) is 0 Å². The fraction of sp³-hybridized carbons (Fsp3) is 0.857. The predicted octanol–water partition coefficient (Wildman–Crippen LogP) is 0.0850. The van der Waals surface area contributed by atoms with Crippen LogP contribution in [0.25, 0.3) is 0 Å². The molecular weight excluding hydrogens is 146 g/mol. The van der Waals surface area contributed by atoms with Gasteiger partial charge < -0.3 is 14.4 Å². The minimum atomic E-state index is -0.220. The van der Waals surface area contributed by atoms with E-state index in [1.165, 1.54) is 7.11 Å². The second-order valence-electron chi connectivity index (χ2n) is 3.32. The van der Waals surface area contributed by atoms with Gasteiger partial charge in [0.2, 0.25) is 0 Å². The van der Waals surface area contributed by atoms with Gasteiger partial charge in [-0.1, -0.05) is 0 Å². The van der Waals surface area contributed by atoms with E-state index in [0.29, 0.717) is 5.41 Å². The molecule has 62 valence electrons. The Labute approximate surface area is 65.1 Å². The smallest absolute Gasteiger partial charge is 0.409 e. The number of carbonyl (C=O) groups excluding carboxylic acids is 1. The summed E-state index contributed by atoms with van der Waals surface area (Å²) in [6.07, 6.45) is -0.220. The highest BCUT2D eigenvalue weighted by molar-refractivity contribution is 5.68. The topological polar surface area (TPSA) is 38.8 Å². The van der Waals surface area contributed by atoms with Gasteiger partial charge in [-0.15, -0.1) is 0 Å². The van der Waals surface area contributed by atoms with Crippen molar-refractivity contribution in [3.8, 4) is 0 Å². The molecule has 2 aliphatic heterocycles. The molecule has 0 bridgehead atoms. The molecule has 0 aromatic carbocycles. The first-order valence-corrected chi connectivity index (χ1v) is 3.66. The summed E-state index contributed by atoms with van der Waals surface area (Å²) in [6, 6.07) is 0. The van der Waals surface area contributed by atoms with Crippen LogP contribution >= 0.6 is 0 Å². The van der Waals surface area contributed by atoms with Crippen LogP contribution in [0.2, 0.25) is 0 Å². The molecule has 0 unspecified atom stereocenters. The summed E-state index contributed by atoms with van der Waals surface area (Å²) in [6.45, 7) is 3.22. The third kappa shape index (κ3) is 0.894. The van der Waals surface area contributed by atoms with Gasteiger partial charge in [0, 0.05) is 13.1 Å². The molecule has 2 saturated heterocycles.